The summed E-state index contributed by atoms with van der Waals surface area (Å²) < 4.78 is 5.84. The van der Waals surface area contributed by atoms with Crippen LogP contribution in [0.3, 0.4) is 0 Å². The van der Waals surface area contributed by atoms with Crippen LogP contribution in [0.2, 0.25) is 0 Å². The number of hydrogen-bond donors (Lipinski definition) is 1. The van der Waals surface area contributed by atoms with Gasteiger partial charge in [-0.25, -0.2) is 9.97 Å². The normalized spacial score (nSPS) is 15.7. The van der Waals surface area contributed by atoms with Crippen molar-refractivity contribution in [3.63, 3.8) is 0 Å². The Bertz CT molecular complexity index is 665. The number of amides is 1. The number of rotatable bonds is 4. The predicted octanol–water partition coefficient (Wildman–Crippen LogP) is 1.14. The smallest absolute Gasteiger partial charge is 0.276 e. The Balaban J connectivity index is 1.50. The third-order valence-electron chi connectivity index (χ3n) is 4.28. The van der Waals surface area contributed by atoms with Gasteiger partial charge in [-0.2, -0.15) is 15.4 Å². The molecule has 1 aliphatic rings. The van der Waals surface area contributed by atoms with Gasteiger partial charge in [-0.05, 0) is 32.6 Å². The number of likely N-dealkylation sites (tertiary alicyclic amines) is 1. The van der Waals surface area contributed by atoms with Gasteiger partial charge in [-0.1, -0.05) is 0 Å². The van der Waals surface area contributed by atoms with E-state index in [0.717, 1.165) is 24.1 Å². The second-order valence-electron chi connectivity index (χ2n) is 5.79. The van der Waals surface area contributed by atoms with Crippen molar-refractivity contribution >= 4 is 5.91 Å². The standard InChI is InChI=1S/C15H20N6O2/c1-10-11(2)16-9-17-14(10)23-8-12-3-5-21(6-4-12)15(22)13-7-18-20-19-13/h7,9,12H,3-6,8H2,1-2H3,(H,18,19,20). The fraction of sp³-hybridized carbons (Fsp3) is 0.533. The summed E-state index contributed by atoms with van der Waals surface area (Å²) in [5.74, 6) is 1.00. The van der Waals surface area contributed by atoms with Crippen molar-refractivity contribution in [3.05, 3.63) is 29.5 Å². The lowest BCUT2D eigenvalue weighted by molar-refractivity contribution is 0.0653. The predicted molar refractivity (Wildman–Crippen MR) is 82.0 cm³/mol. The van der Waals surface area contributed by atoms with Crippen molar-refractivity contribution in [1.29, 1.82) is 0 Å². The van der Waals surface area contributed by atoms with E-state index in [4.69, 9.17) is 4.74 Å². The fourth-order valence-corrected chi connectivity index (χ4v) is 2.63. The van der Waals surface area contributed by atoms with E-state index < -0.39 is 0 Å². The van der Waals surface area contributed by atoms with Crippen molar-refractivity contribution in [2.24, 2.45) is 5.92 Å². The van der Waals surface area contributed by atoms with Crippen LogP contribution in [-0.2, 0) is 0 Å². The molecule has 1 fully saturated rings. The number of aromatic nitrogens is 5. The van der Waals surface area contributed by atoms with E-state index in [1.165, 1.54) is 12.5 Å². The fourth-order valence-electron chi connectivity index (χ4n) is 2.63. The second-order valence-corrected chi connectivity index (χ2v) is 5.79. The van der Waals surface area contributed by atoms with Crippen LogP contribution in [-0.4, -0.2) is 55.9 Å². The summed E-state index contributed by atoms with van der Waals surface area (Å²) in [7, 11) is 0. The summed E-state index contributed by atoms with van der Waals surface area (Å²) in [6.45, 7) is 5.94. The maximum atomic E-state index is 12.2. The molecular weight excluding hydrogens is 296 g/mol. The van der Waals surface area contributed by atoms with Crippen molar-refractivity contribution in [1.82, 2.24) is 30.3 Å². The SMILES string of the molecule is Cc1ncnc(OCC2CCN(C(=O)c3cn[nH]n3)CC2)c1C. The molecule has 0 radical (unpaired) electrons. The molecule has 1 amide bonds. The molecule has 2 aromatic heterocycles. The summed E-state index contributed by atoms with van der Waals surface area (Å²) in [5, 5.41) is 9.98. The van der Waals surface area contributed by atoms with Crippen LogP contribution in [0.1, 0.15) is 34.6 Å². The van der Waals surface area contributed by atoms with E-state index in [1.807, 2.05) is 18.7 Å². The Hall–Kier alpha value is -2.51. The summed E-state index contributed by atoms with van der Waals surface area (Å²) >= 11 is 0. The minimum Gasteiger partial charge on any atom is -0.477 e. The quantitative estimate of drug-likeness (QED) is 0.908. The lowest BCUT2D eigenvalue weighted by Crippen LogP contribution is -2.39. The van der Waals surface area contributed by atoms with Crippen LogP contribution in [0.25, 0.3) is 0 Å². The molecule has 122 valence electrons. The van der Waals surface area contributed by atoms with Crippen LogP contribution in [0.4, 0.5) is 0 Å². The lowest BCUT2D eigenvalue weighted by atomic mass is 9.97. The molecule has 0 aromatic carbocycles. The van der Waals surface area contributed by atoms with Crippen molar-refractivity contribution < 1.29 is 9.53 Å². The van der Waals surface area contributed by atoms with E-state index in [-0.39, 0.29) is 5.91 Å². The van der Waals surface area contributed by atoms with Crippen molar-refractivity contribution in [3.8, 4) is 5.88 Å². The number of carbonyl (C=O) groups excluding carboxylic acids is 1. The molecule has 2 aromatic rings. The van der Waals surface area contributed by atoms with Gasteiger partial charge in [-0.15, -0.1) is 0 Å². The minimum absolute atomic E-state index is 0.0691. The molecule has 0 atom stereocenters. The largest absolute Gasteiger partial charge is 0.477 e. The van der Waals surface area contributed by atoms with Gasteiger partial charge < -0.3 is 9.64 Å². The van der Waals surface area contributed by atoms with E-state index in [1.54, 1.807) is 0 Å². The third-order valence-corrected chi connectivity index (χ3v) is 4.28. The van der Waals surface area contributed by atoms with Crippen LogP contribution in [0.5, 0.6) is 5.88 Å². The number of carbonyl (C=O) groups is 1. The lowest BCUT2D eigenvalue weighted by Gasteiger charge is -2.31. The topological polar surface area (TPSA) is 96.9 Å². The first-order valence-corrected chi connectivity index (χ1v) is 7.71. The van der Waals surface area contributed by atoms with Gasteiger partial charge in [-0.3, -0.25) is 4.79 Å². The molecular formula is C15H20N6O2. The highest BCUT2D eigenvalue weighted by atomic mass is 16.5. The van der Waals surface area contributed by atoms with Gasteiger partial charge in [0.05, 0.1) is 12.8 Å². The van der Waals surface area contributed by atoms with Gasteiger partial charge in [0.2, 0.25) is 5.88 Å². The number of nitrogens with one attached hydrogen (secondary N) is 1. The van der Waals surface area contributed by atoms with Gasteiger partial charge in [0.25, 0.3) is 5.91 Å². The van der Waals surface area contributed by atoms with Gasteiger partial charge in [0, 0.05) is 24.3 Å². The summed E-state index contributed by atoms with van der Waals surface area (Å²) in [6, 6.07) is 0. The summed E-state index contributed by atoms with van der Waals surface area (Å²) in [5.41, 5.74) is 2.28. The van der Waals surface area contributed by atoms with Gasteiger partial charge in [0.1, 0.15) is 6.33 Å². The number of aromatic amines is 1. The second kappa shape index (κ2) is 6.72. The number of H-pyrrole nitrogens is 1. The molecule has 0 saturated carbocycles. The highest BCUT2D eigenvalue weighted by molar-refractivity contribution is 5.91. The Labute approximate surface area is 134 Å². The Morgan fingerprint density at radius 2 is 2.13 bits per heavy atom. The number of ether oxygens (including phenoxy) is 1. The molecule has 23 heavy (non-hydrogen) atoms. The van der Waals surface area contributed by atoms with E-state index in [2.05, 4.69) is 25.4 Å². The zero-order valence-corrected chi connectivity index (χ0v) is 13.3. The number of nitrogens with zero attached hydrogens (tertiary/aromatic N) is 5. The Morgan fingerprint density at radius 1 is 1.35 bits per heavy atom. The van der Waals surface area contributed by atoms with E-state index in [0.29, 0.717) is 37.2 Å². The first-order valence-electron chi connectivity index (χ1n) is 7.71. The maximum absolute atomic E-state index is 12.2. The molecule has 8 nitrogen and oxygen atoms in total. The first kappa shape index (κ1) is 15.4. The zero-order chi connectivity index (χ0) is 16.2. The number of aryl methyl sites for hydroxylation is 1. The van der Waals surface area contributed by atoms with Gasteiger partial charge in [0.15, 0.2) is 5.69 Å². The van der Waals surface area contributed by atoms with Crippen LogP contribution >= 0.6 is 0 Å². The molecule has 8 heteroatoms. The van der Waals surface area contributed by atoms with Crippen molar-refractivity contribution in [2.75, 3.05) is 19.7 Å². The zero-order valence-electron chi connectivity index (χ0n) is 13.3. The molecule has 1 aliphatic heterocycles. The molecule has 0 unspecified atom stereocenters. The highest BCUT2D eigenvalue weighted by Crippen LogP contribution is 2.21. The van der Waals surface area contributed by atoms with E-state index >= 15 is 0 Å². The van der Waals surface area contributed by atoms with Crippen LogP contribution in [0.15, 0.2) is 12.5 Å². The summed E-state index contributed by atoms with van der Waals surface area (Å²) in [4.78, 5) is 22.3. The molecule has 1 N–H and O–H groups in total. The average Bonchev–Trinajstić information content (AvgIpc) is 3.10. The molecule has 0 spiro atoms. The van der Waals surface area contributed by atoms with Crippen LogP contribution in [0, 0.1) is 19.8 Å². The third kappa shape index (κ3) is 3.46. The molecule has 0 bridgehead atoms. The number of hydrogen-bond acceptors (Lipinski definition) is 6. The molecule has 1 saturated heterocycles. The minimum atomic E-state index is -0.0691. The average molecular weight is 316 g/mol. The van der Waals surface area contributed by atoms with Crippen molar-refractivity contribution in [2.45, 2.75) is 26.7 Å². The molecule has 3 rings (SSSR count). The first-order chi connectivity index (χ1) is 11.1. The maximum Gasteiger partial charge on any atom is 0.276 e. The van der Waals surface area contributed by atoms with E-state index in [9.17, 15) is 4.79 Å². The monoisotopic (exact) mass is 316 g/mol. The molecule has 3 heterocycles. The number of piperidine rings is 1. The van der Waals surface area contributed by atoms with Gasteiger partial charge >= 0.3 is 0 Å². The van der Waals surface area contributed by atoms with Crippen LogP contribution < -0.4 is 4.74 Å². The highest BCUT2D eigenvalue weighted by Gasteiger charge is 2.25. The Morgan fingerprint density at radius 3 is 2.83 bits per heavy atom. The summed E-state index contributed by atoms with van der Waals surface area (Å²) in [6.07, 6.45) is 4.80. The Kier molecular flexibility index (Phi) is 4.50. The molecule has 0 aliphatic carbocycles.